The molecule has 1 fully saturated rings. The Morgan fingerprint density at radius 2 is 2.10 bits per heavy atom. The molecule has 0 bridgehead atoms. The Bertz CT molecular complexity index is 1070. The number of fused-ring (bicyclic) bond motifs is 1. The molecule has 0 saturated carbocycles. The molecule has 4 rings (SSSR count). The van der Waals surface area contributed by atoms with Crippen LogP contribution in [0.3, 0.4) is 0 Å². The quantitative estimate of drug-likeness (QED) is 0.718. The second-order valence-electron chi connectivity index (χ2n) is 6.79. The number of carbonyl (C=O) groups is 2. The van der Waals surface area contributed by atoms with Crippen molar-refractivity contribution in [1.29, 1.82) is 0 Å². The van der Waals surface area contributed by atoms with Crippen LogP contribution in [0.2, 0.25) is 0 Å². The molecule has 4 heterocycles. The summed E-state index contributed by atoms with van der Waals surface area (Å²) in [6, 6.07) is 4.62. The number of amides is 2. The molecular formula is C18H16F3N5O3. The summed E-state index contributed by atoms with van der Waals surface area (Å²) < 4.78 is 46.0. The van der Waals surface area contributed by atoms with Crippen LogP contribution >= 0.6 is 0 Å². The first-order valence-electron chi connectivity index (χ1n) is 8.83. The van der Waals surface area contributed by atoms with Gasteiger partial charge in [-0.15, -0.1) is 0 Å². The largest absolute Gasteiger partial charge is 0.463 e. The normalized spacial score (nSPS) is 17.6. The van der Waals surface area contributed by atoms with Crippen molar-refractivity contribution in [2.24, 2.45) is 11.7 Å². The summed E-state index contributed by atoms with van der Waals surface area (Å²) in [6.07, 6.45) is -1.54. The van der Waals surface area contributed by atoms with Crippen LogP contribution in [0.1, 0.15) is 33.8 Å². The first kappa shape index (κ1) is 19.0. The third-order valence-corrected chi connectivity index (χ3v) is 4.90. The van der Waals surface area contributed by atoms with Crippen molar-refractivity contribution in [3.8, 4) is 11.5 Å². The fourth-order valence-electron chi connectivity index (χ4n) is 3.45. The third kappa shape index (κ3) is 3.43. The van der Waals surface area contributed by atoms with E-state index >= 15 is 0 Å². The molecule has 2 amide bonds. The molecule has 0 radical (unpaired) electrons. The van der Waals surface area contributed by atoms with E-state index < -0.39 is 30.5 Å². The zero-order valence-corrected chi connectivity index (χ0v) is 15.0. The number of halogens is 3. The zero-order chi connectivity index (χ0) is 20.8. The van der Waals surface area contributed by atoms with Gasteiger partial charge in [-0.25, -0.2) is 9.97 Å². The van der Waals surface area contributed by atoms with Gasteiger partial charge < -0.3 is 15.1 Å². The van der Waals surface area contributed by atoms with Crippen LogP contribution in [0.25, 0.3) is 17.1 Å². The molecular weight excluding hydrogens is 391 g/mol. The van der Waals surface area contributed by atoms with Crippen molar-refractivity contribution in [2.75, 3.05) is 13.1 Å². The Labute approximate surface area is 162 Å². The second kappa shape index (κ2) is 6.90. The van der Waals surface area contributed by atoms with E-state index in [1.807, 2.05) is 0 Å². The van der Waals surface area contributed by atoms with Gasteiger partial charge in [-0.3, -0.25) is 14.0 Å². The number of rotatable bonds is 3. The Kier molecular flexibility index (Phi) is 4.52. The van der Waals surface area contributed by atoms with E-state index in [0.29, 0.717) is 5.76 Å². The fraction of sp³-hybridized carbons (Fsp3) is 0.333. The monoisotopic (exact) mass is 407 g/mol. The van der Waals surface area contributed by atoms with Crippen LogP contribution in [-0.4, -0.2) is 50.3 Å². The van der Waals surface area contributed by atoms with E-state index in [1.165, 1.54) is 23.1 Å². The molecule has 1 atom stereocenters. The van der Waals surface area contributed by atoms with Crippen molar-refractivity contribution in [1.82, 2.24) is 19.3 Å². The SMILES string of the molecule is NC(=O)c1ncn2c(C(=O)N3CCC[C@@H](C(F)(F)F)C3)cc(-c3ccco3)nc12. The maximum Gasteiger partial charge on any atom is 0.393 e. The highest BCUT2D eigenvalue weighted by Gasteiger charge is 2.43. The summed E-state index contributed by atoms with van der Waals surface area (Å²) >= 11 is 0. The lowest BCUT2D eigenvalue weighted by Crippen LogP contribution is -2.45. The number of alkyl halides is 3. The lowest BCUT2D eigenvalue weighted by molar-refractivity contribution is -0.184. The number of carbonyl (C=O) groups excluding carboxylic acids is 2. The van der Waals surface area contributed by atoms with Gasteiger partial charge in [0.2, 0.25) is 0 Å². The molecule has 0 aromatic carbocycles. The fourth-order valence-corrected chi connectivity index (χ4v) is 3.45. The Balaban J connectivity index is 1.80. The van der Waals surface area contributed by atoms with E-state index in [2.05, 4.69) is 9.97 Å². The number of likely N-dealkylation sites (tertiary alicyclic amines) is 1. The molecule has 1 aliphatic heterocycles. The predicted octanol–water partition coefficient (Wildman–Crippen LogP) is 2.50. The third-order valence-electron chi connectivity index (χ3n) is 4.90. The number of imidazole rings is 1. The van der Waals surface area contributed by atoms with Crippen LogP contribution < -0.4 is 5.73 Å². The maximum absolute atomic E-state index is 13.1. The summed E-state index contributed by atoms with van der Waals surface area (Å²) in [4.78, 5) is 34.2. The van der Waals surface area contributed by atoms with Crippen LogP contribution in [0, 0.1) is 5.92 Å². The Hall–Kier alpha value is -3.37. The summed E-state index contributed by atoms with van der Waals surface area (Å²) in [5, 5.41) is 0. The molecule has 0 aliphatic carbocycles. The van der Waals surface area contributed by atoms with E-state index in [0.717, 1.165) is 4.90 Å². The van der Waals surface area contributed by atoms with Crippen LogP contribution in [-0.2, 0) is 0 Å². The number of hydrogen-bond acceptors (Lipinski definition) is 5. The highest BCUT2D eigenvalue weighted by Crippen LogP contribution is 2.34. The van der Waals surface area contributed by atoms with Gasteiger partial charge in [0.05, 0.1) is 12.2 Å². The van der Waals surface area contributed by atoms with Gasteiger partial charge in [0.15, 0.2) is 17.1 Å². The first-order chi connectivity index (χ1) is 13.8. The van der Waals surface area contributed by atoms with E-state index in [4.69, 9.17) is 10.2 Å². The van der Waals surface area contributed by atoms with Gasteiger partial charge in [-0.2, -0.15) is 13.2 Å². The lowest BCUT2D eigenvalue weighted by atomic mass is 9.97. The molecule has 8 nitrogen and oxygen atoms in total. The highest BCUT2D eigenvalue weighted by molar-refractivity contribution is 5.99. The van der Waals surface area contributed by atoms with Gasteiger partial charge in [0, 0.05) is 13.1 Å². The van der Waals surface area contributed by atoms with E-state index in [1.54, 1.807) is 12.1 Å². The molecule has 11 heteroatoms. The van der Waals surface area contributed by atoms with Gasteiger partial charge in [0.25, 0.3) is 11.8 Å². The number of furan rings is 1. The molecule has 0 spiro atoms. The molecule has 29 heavy (non-hydrogen) atoms. The van der Waals surface area contributed by atoms with Gasteiger partial charge >= 0.3 is 6.18 Å². The molecule has 152 valence electrons. The molecule has 2 N–H and O–H groups in total. The molecule has 3 aromatic heterocycles. The summed E-state index contributed by atoms with van der Waals surface area (Å²) in [6.45, 7) is -0.234. The van der Waals surface area contributed by atoms with Gasteiger partial charge in [0.1, 0.15) is 17.7 Å². The van der Waals surface area contributed by atoms with Gasteiger partial charge in [-0.05, 0) is 31.0 Å². The van der Waals surface area contributed by atoms with Crippen molar-refractivity contribution < 1.29 is 27.2 Å². The minimum Gasteiger partial charge on any atom is -0.463 e. The van der Waals surface area contributed by atoms with Crippen molar-refractivity contribution in [2.45, 2.75) is 19.0 Å². The van der Waals surface area contributed by atoms with Crippen molar-refractivity contribution in [3.05, 3.63) is 42.2 Å². The smallest absolute Gasteiger partial charge is 0.393 e. The minimum atomic E-state index is -4.38. The maximum atomic E-state index is 13.1. The average molecular weight is 407 g/mol. The lowest BCUT2D eigenvalue weighted by Gasteiger charge is -2.33. The number of nitrogens with zero attached hydrogens (tertiary/aromatic N) is 4. The molecule has 1 saturated heterocycles. The van der Waals surface area contributed by atoms with E-state index in [-0.39, 0.29) is 42.1 Å². The van der Waals surface area contributed by atoms with Crippen LogP contribution in [0.15, 0.2) is 35.2 Å². The topological polar surface area (TPSA) is 107 Å². The number of nitrogens with two attached hydrogens (primary N) is 1. The predicted molar refractivity (Wildman–Crippen MR) is 93.9 cm³/mol. The molecule has 0 unspecified atom stereocenters. The van der Waals surface area contributed by atoms with Gasteiger partial charge in [-0.1, -0.05) is 0 Å². The second-order valence-corrected chi connectivity index (χ2v) is 6.79. The number of aromatic nitrogens is 3. The molecule has 1 aliphatic rings. The number of primary amides is 1. The number of piperidine rings is 1. The summed E-state index contributed by atoms with van der Waals surface area (Å²) in [7, 11) is 0. The zero-order valence-electron chi connectivity index (χ0n) is 15.0. The Morgan fingerprint density at radius 1 is 1.31 bits per heavy atom. The van der Waals surface area contributed by atoms with Crippen molar-refractivity contribution >= 4 is 17.5 Å². The molecule has 3 aromatic rings. The van der Waals surface area contributed by atoms with Crippen molar-refractivity contribution in [3.63, 3.8) is 0 Å². The summed E-state index contributed by atoms with van der Waals surface area (Å²) in [5.41, 5.74) is 5.46. The highest BCUT2D eigenvalue weighted by atomic mass is 19.4. The first-order valence-corrected chi connectivity index (χ1v) is 8.83. The Morgan fingerprint density at radius 3 is 2.76 bits per heavy atom. The average Bonchev–Trinajstić information content (AvgIpc) is 3.35. The van der Waals surface area contributed by atoms with Crippen LogP contribution in [0.5, 0.6) is 0 Å². The summed E-state index contributed by atoms with van der Waals surface area (Å²) in [5.74, 6) is -2.71. The standard InChI is InChI=1S/C18H16F3N5O3/c19-18(20,21)10-3-1-5-25(8-10)17(28)12-7-11(13-4-2-6-29-13)24-16-14(15(22)27)23-9-26(12)16/h2,4,6-7,9-10H,1,3,5,8H2,(H2,22,27)/t10-/m1/s1. The minimum absolute atomic E-state index is 0.0178. The van der Waals surface area contributed by atoms with E-state index in [9.17, 15) is 22.8 Å². The number of hydrogen-bond donors (Lipinski definition) is 1. The van der Waals surface area contributed by atoms with Crippen LogP contribution in [0.4, 0.5) is 13.2 Å².